The minimum Gasteiger partial charge on any atom is -0.493 e. The van der Waals surface area contributed by atoms with Crippen molar-refractivity contribution in [1.82, 2.24) is 0 Å². The van der Waals surface area contributed by atoms with Crippen LogP contribution in [0, 0.1) is 0 Å². The van der Waals surface area contributed by atoms with Crippen LogP contribution in [0.1, 0.15) is 5.56 Å². The van der Waals surface area contributed by atoms with Crippen molar-refractivity contribution in [3.05, 3.63) is 35.2 Å². The summed E-state index contributed by atoms with van der Waals surface area (Å²) in [6.07, 6.45) is 0. The number of rotatable bonds is 4. The molecule has 17 heavy (non-hydrogen) atoms. The van der Waals surface area contributed by atoms with E-state index in [4.69, 9.17) is 9.47 Å². The van der Waals surface area contributed by atoms with E-state index in [1.54, 1.807) is 31.6 Å². The number of benzene rings is 1. The maximum atomic E-state index is 9.25. The summed E-state index contributed by atoms with van der Waals surface area (Å²) in [6.45, 7) is -0.0151. The molecule has 90 valence electrons. The number of thiophene rings is 1. The van der Waals surface area contributed by atoms with Gasteiger partial charge in [-0.2, -0.15) is 0 Å². The van der Waals surface area contributed by atoms with Gasteiger partial charge in [-0.3, -0.25) is 0 Å². The molecule has 0 fully saturated rings. The second-order valence-corrected chi connectivity index (χ2v) is 4.46. The lowest BCUT2D eigenvalue weighted by molar-refractivity contribution is 0.280. The highest BCUT2D eigenvalue weighted by Gasteiger charge is 2.14. The van der Waals surface area contributed by atoms with Gasteiger partial charge in [-0.1, -0.05) is 6.07 Å². The van der Waals surface area contributed by atoms with Gasteiger partial charge in [0.1, 0.15) is 0 Å². The van der Waals surface area contributed by atoms with E-state index in [9.17, 15) is 5.11 Å². The van der Waals surface area contributed by atoms with Gasteiger partial charge in [0.15, 0.2) is 11.5 Å². The van der Waals surface area contributed by atoms with Crippen LogP contribution in [-0.2, 0) is 6.61 Å². The Kier molecular flexibility index (Phi) is 3.66. The molecule has 0 saturated carbocycles. The lowest BCUT2D eigenvalue weighted by Crippen LogP contribution is -1.95. The Morgan fingerprint density at radius 1 is 1.24 bits per heavy atom. The van der Waals surface area contributed by atoms with Crippen molar-refractivity contribution in [2.24, 2.45) is 0 Å². The second kappa shape index (κ2) is 5.21. The van der Waals surface area contributed by atoms with Crippen molar-refractivity contribution in [2.45, 2.75) is 6.61 Å². The highest BCUT2D eigenvalue weighted by molar-refractivity contribution is 7.13. The Labute approximate surface area is 104 Å². The van der Waals surface area contributed by atoms with Crippen LogP contribution in [0.3, 0.4) is 0 Å². The number of hydrogen-bond donors (Lipinski definition) is 1. The summed E-state index contributed by atoms with van der Waals surface area (Å²) in [4.78, 5) is 1.09. The van der Waals surface area contributed by atoms with E-state index >= 15 is 0 Å². The van der Waals surface area contributed by atoms with Gasteiger partial charge < -0.3 is 14.6 Å². The SMILES string of the molecule is COc1cc(CO)cc(-c2cccs2)c1OC. The Morgan fingerprint density at radius 3 is 2.59 bits per heavy atom. The first-order valence-electron chi connectivity index (χ1n) is 5.19. The maximum absolute atomic E-state index is 9.25. The number of hydrogen-bond acceptors (Lipinski definition) is 4. The summed E-state index contributed by atoms with van der Waals surface area (Å²) < 4.78 is 10.7. The molecule has 0 radical (unpaired) electrons. The number of aliphatic hydroxyl groups is 1. The van der Waals surface area contributed by atoms with E-state index in [2.05, 4.69) is 0 Å². The molecule has 0 aliphatic heterocycles. The third kappa shape index (κ3) is 2.28. The van der Waals surface area contributed by atoms with Crippen LogP contribution >= 0.6 is 11.3 Å². The van der Waals surface area contributed by atoms with Crippen molar-refractivity contribution < 1.29 is 14.6 Å². The van der Waals surface area contributed by atoms with E-state index in [1.165, 1.54) is 0 Å². The molecular weight excluding hydrogens is 236 g/mol. The van der Waals surface area contributed by atoms with Crippen LogP contribution in [0.5, 0.6) is 11.5 Å². The Hall–Kier alpha value is -1.52. The largest absolute Gasteiger partial charge is 0.493 e. The van der Waals surface area contributed by atoms with Gasteiger partial charge in [0.2, 0.25) is 0 Å². The van der Waals surface area contributed by atoms with Gasteiger partial charge >= 0.3 is 0 Å². The number of ether oxygens (including phenoxy) is 2. The van der Waals surface area contributed by atoms with E-state index in [1.807, 2.05) is 23.6 Å². The molecule has 0 atom stereocenters. The average Bonchev–Trinajstić information content (AvgIpc) is 2.90. The molecule has 1 N–H and O–H groups in total. The summed E-state index contributed by atoms with van der Waals surface area (Å²) >= 11 is 1.63. The molecule has 1 heterocycles. The Morgan fingerprint density at radius 2 is 2.06 bits per heavy atom. The minimum absolute atomic E-state index is 0.0151. The fourth-order valence-electron chi connectivity index (χ4n) is 1.73. The van der Waals surface area contributed by atoms with Gasteiger partial charge in [0.25, 0.3) is 0 Å². The summed E-state index contributed by atoms with van der Waals surface area (Å²) in [5.41, 5.74) is 1.76. The van der Waals surface area contributed by atoms with Crippen LogP contribution in [-0.4, -0.2) is 19.3 Å². The molecule has 2 rings (SSSR count). The highest BCUT2D eigenvalue weighted by Crippen LogP contribution is 2.40. The first-order valence-corrected chi connectivity index (χ1v) is 6.07. The standard InChI is InChI=1S/C13H14O3S/c1-15-11-7-9(8-14)6-10(13(11)16-2)12-4-3-5-17-12/h3-7,14H,8H2,1-2H3. The van der Waals surface area contributed by atoms with Crippen molar-refractivity contribution in [3.8, 4) is 21.9 Å². The normalized spacial score (nSPS) is 10.3. The molecule has 1 aromatic heterocycles. The predicted molar refractivity (Wildman–Crippen MR) is 68.8 cm³/mol. The fourth-order valence-corrected chi connectivity index (χ4v) is 2.47. The van der Waals surface area contributed by atoms with Crippen LogP contribution in [0.2, 0.25) is 0 Å². The third-order valence-corrected chi connectivity index (χ3v) is 3.41. The van der Waals surface area contributed by atoms with Gasteiger partial charge in [0, 0.05) is 10.4 Å². The zero-order valence-corrected chi connectivity index (χ0v) is 10.6. The molecule has 4 heteroatoms. The summed E-state index contributed by atoms with van der Waals surface area (Å²) in [7, 11) is 3.21. The van der Waals surface area contributed by atoms with Crippen LogP contribution in [0.15, 0.2) is 29.6 Å². The molecule has 0 aliphatic carbocycles. The zero-order valence-electron chi connectivity index (χ0n) is 9.77. The Balaban J connectivity index is 2.62. The van der Waals surface area contributed by atoms with Crippen LogP contribution in [0.4, 0.5) is 0 Å². The van der Waals surface area contributed by atoms with E-state index in [-0.39, 0.29) is 6.61 Å². The first kappa shape index (κ1) is 12.0. The molecule has 0 amide bonds. The average molecular weight is 250 g/mol. The zero-order chi connectivity index (χ0) is 12.3. The molecule has 3 nitrogen and oxygen atoms in total. The van der Waals surface area contributed by atoms with E-state index in [0.29, 0.717) is 11.5 Å². The molecular formula is C13H14O3S. The third-order valence-electron chi connectivity index (χ3n) is 2.51. The van der Waals surface area contributed by atoms with Gasteiger partial charge in [-0.15, -0.1) is 11.3 Å². The van der Waals surface area contributed by atoms with Crippen LogP contribution < -0.4 is 9.47 Å². The van der Waals surface area contributed by atoms with Crippen LogP contribution in [0.25, 0.3) is 10.4 Å². The fraction of sp³-hybridized carbons (Fsp3) is 0.231. The maximum Gasteiger partial charge on any atom is 0.169 e. The molecule has 0 saturated heterocycles. The second-order valence-electron chi connectivity index (χ2n) is 3.51. The highest BCUT2D eigenvalue weighted by atomic mass is 32.1. The predicted octanol–water partition coefficient (Wildman–Crippen LogP) is 2.92. The van der Waals surface area contributed by atoms with E-state index in [0.717, 1.165) is 16.0 Å². The van der Waals surface area contributed by atoms with E-state index < -0.39 is 0 Å². The van der Waals surface area contributed by atoms with Crippen molar-refractivity contribution in [3.63, 3.8) is 0 Å². The summed E-state index contributed by atoms with van der Waals surface area (Å²) in [5.74, 6) is 1.34. The number of aliphatic hydroxyl groups excluding tert-OH is 1. The monoisotopic (exact) mass is 250 g/mol. The lowest BCUT2D eigenvalue weighted by Gasteiger charge is -2.13. The van der Waals surface area contributed by atoms with Crippen molar-refractivity contribution >= 4 is 11.3 Å². The summed E-state index contributed by atoms with van der Waals surface area (Å²) in [6, 6.07) is 7.71. The van der Waals surface area contributed by atoms with Crippen molar-refractivity contribution in [2.75, 3.05) is 14.2 Å². The Bertz CT molecular complexity index is 492. The molecule has 2 aromatic rings. The molecule has 0 bridgehead atoms. The summed E-state index contributed by atoms with van der Waals surface area (Å²) in [5, 5.41) is 11.3. The quantitative estimate of drug-likeness (QED) is 0.906. The smallest absolute Gasteiger partial charge is 0.169 e. The molecule has 0 unspecified atom stereocenters. The minimum atomic E-state index is -0.0151. The molecule has 1 aromatic carbocycles. The lowest BCUT2D eigenvalue weighted by atomic mass is 10.1. The molecule has 0 spiro atoms. The number of methoxy groups -OCH3 is 2. The first-order chi connectivity index (χ1) is 8.30. The molecule has 0 aliphatic rings. The van der Waals surface area contributed by atoms with Gasteiger partial charge in [-0.05, 0) is 29.1 Å². The topological polar surface area (TPSA) is 38.7 Å². The van der Waals surface area contributed by atoms with Crippen molar-refractivity contribution in [1.29, 1.82) is 0 Å². The van der Waals surface area contributed by atoms with Gasteiger partial charge in [-0.25, -0.2) is 0 Å². The van der Waals surface area contributed by atoms with Gasteiger partial charge in [0.05, 0.1) is 20.8 Å².